The molecule has 0 unspecified atom stereocenters. The number of amides is 1. The van der Waals surface area contributed by atoms with Gasteiger partial charge < -0.3 is 15.5 Å². The van der Waals surface area contributed by atoms with Crippen molar-refractivity contribution in [2.45, 2.75) is 19.8 Å². The zero-order valence-corrected chi connectivity index (χ0v) is 13.5. The first-order chi connectivity index (χ1) is 11.4. The maximum Gasteiger partial charge on any atom is 0.335 e. The van der Waals surface area contributed by atoms with Gasteiger partial charge in [-0.3, -0.25) is 4.79 Å². The van der Waals surface area contributed by atoms with E-state index < -0.39 is 11.9 Å². The van der Waals surface area contributed by atoms with E-state index in [0.717, 1.165) is 11.6 Å². The van der Waals surface area contributed by atoms with Gasteiger partial charge in [-0.2, -0.15) is 0 Å². The van der Waals surface area contributed by atoms with Gasteiger partial charge in [-0.25, -0.2) is 4.79 Å². The largest absolute Gasteiger partial charge is 0.506 e. The Kier molecular flexibility index (Phi) is 5.37. The van der Waals surface area contributed by atoms with Crippen LogP contribution < -0.4 is 5.32 Å². The van der Waals surface area contributed by atoms with Crippen LogP contribution in [0.4, 0.5) is 5.69 Å². The minimum absolute atomic E-state index is 0.0497. The molecule has 0 fully saturated rings. The first-order valence-electron chi connectivity index (χ1n) is 7.52. The van der Waals surface area contributed by atoms with Gasteiger partial charge in [0.05, 0.1) is 11.3 Å². The highest BCUT2D eigenvalue weighted by Crippen LogP contribution is 2.24. The highest BCUT2D eigenvalue weighted by molar-refractivity contribution is 6.03. The van der Waals surface area contributed by atoms with Crippen molar-refractivity contribution < 1.29 is 19.8 Å². The normalized spacial score (nSPS) is 11.0. The van der Waals surface area contributed by atoms with Crippen LogP contribution in [0.5, 0.6) is 5.75 Å². The number of benzene rings is 2. The second kappa shape index (κ2) is 7.46. The van der Waals surface area contributed by atoms with Crippen LogP contribution in [0, 0.1) is 0 Å². The molecule has 0 aromatic heterocycles. The summed E-state index contributed by atoms with van der Waals surface area (Å²) in [6.45, 7) is 4.22. The van der Waals surface area contributed by atoms with Crippen LogP contribution >= 0.6 is 0 Å². The second-order valence-corrected chi connectivity index (χ2v) is 5.68. The molecule has 0 aliphatic carbocycles. The van der Waals surface area contributed by atoms with Crippen molar-refractivity contribution in [3.05, 3.63) is 65.2 Å². The summed E-state index contributed by atoms with van der Waals surface area (Å²) in [5.41, 5.74) is 2.22. The molecule has 0 spiro atoms. The molecule has 2 aromatic carbocycles. The maximum atomic E-state index is 11.9. The minimum Gasteiger partial charge on any atom is -0.506 e. The van der Waals surface area contributed by atoms with Crippen LogP contribution in [0.2, 0.25) is 0 Å². The number of nitrogens with one attached hydrogen (secondary N) is 1. The van der Waals surface area contributed by atoms with Crippen LogP contribution in [-0.2, 0) is 4.79 Å². The highest BCUT2D eigenvalue weighted by atomic mass is 16.4. The smallest absolute Gasteiger partial charge is 0.335 e. The summed E-state index contributed by atoms with van der Waals surface area (Å²) in [7, 11) is 0. The molecular weight excluding hydrogens is 306 g/mol. The molecule has 1 amide bonds. The van der Waals surface area contributed by atoms with Gasteiger partial charge in [-0.05, 0) is 41.3 Å². The fraction of sp³-hybridized carbons (Fsp3) is 0.158. The third kappa shape index (κ3) is 4.46. The van der Waals surface area contributed by atoms with Gasteiger partial charge in [-0.15, -0.1) is 0 Å². The lowest BCUT2D eigenvalue weighted by Crippen LogP contribution is -2.08. The van der Waals surface area contributed by atoms with Crippen LogP contribution in [0.3, 0.4) is 0 Å². The molecule has 0 saturated carbocycles. The van der Waals surface area contributed by atoms with Crippen LogP contribution in [-0.4, -0.2) is 22.1 Å². The first kappa shape index (κ1) is 17.3. The summed E-state index contributed by atoms with van der Waals surface area (Å²) < 4.78 is 0. The summed E-state index contributed by atoms with van der Waals surface area (Å²) in [5.74, 6) is -1.41. The summed E-state index contributed by atoms with van der Waals surface area (Å²) in [4.78, 5) is 22.7. The molecule has 5 nitrogen and oxygen atoms in total. The fourth-order valence-electron chi connectivity index (χ4n) is 2.11. The summed E-state index contributed by atoms with van der Waals surface area (Å²) in [5, 5.41) is 21.1. The van der Waals surface area contributed by atoms with Crippen molar-refractivity contribution in [3.63, 3.8) is 0 Å². The number of phenolic OH excluding ortho intramolecular Hbond substituents is 1. The molecule has 0 heterocycles. The van der Waals surface area contributed by atoms with E-state index in [1.807, 2.05) is 24.3 Å². The highest BCUT2D eigenvalue weighted by Gasteiger charge is 2.09. The van der Waals surface area contributed by atoms with E-state index in [1.54, 1.807) is 6.08 Å². The average Bonchev–Trinajstić information content (AvgIpc) is 2.55. The molecule has 0 aliphatic rings. The van der Waals surface area contributed by atoms with E-state index in [2.05, 4.69) is 19.2 Å². The number of anilines is 1. The van der Waals surface area contributed by atoms with Gasteiger partial charge in [0.15, 0.2) is 0 Å². The molecule has 0 saturated heterocycles. The van der Waals surface area contributed by atoms with E-state index in [4.69, 9.17) is 5.11 Å². The van der Waals surface area contributed by atoms with E-state index in [-0.39, 0.29) is 17.0 Å². The lowest BCUT2D eigenvalue weighted by molar-refractivity contribution is -0.111. The van der Waals surface area contributed by atoms with E-state index in [0.29, 0.717) is 5.92 Å². The SMILES string of the molecule is CC(C)c1ccc(/C=C/C(=O)Nc2ccc(C(=O)O)cc2O)cc1. The second-order valence-electron chi connectivity index (χ2n) is 5.68. The lowest BCUT2D eigenvalue weighted by Gasteiger charge is -2.06. The number of carboxylic acid groups (broad SMARTS) is 1. The standard InChI is InChI=1S/C19H19NO4/c1-12(2)14-6-3-13(4-7-14)5-10-18(22)20-16-9-8-15(19(23)24)11-17(16)21/h3-12,21H,1-2H3,(H,20,22)(H,23,24)/b10-5+. The average molecular weight is 325 g/mol. The number of rotatable bonds is 5. The van der Waals surface area contributed by atoms with Gasteiger partial charge in [0.1, 0.15) is 5.75 Å². The third-order valence-electron chi connectivity index (χ3n) is 3.53. The Morgan fingerprint density at radius 3 is 2.29 bits per heavy atom. The Hall–Kier alpha value is -3.08. The molecule has 3 N–H and O–H groups in total. The predicted octanol–water partition coefficient (Wildman–Crippen LogP) is 3.87. The summed E-state index contributed by atoms with van der Waals surface area (Å²) >= 11 is 0. The van der Waals surface area contributed by atoms with Gasteiger partial charge in [0.2, 0.25) is 5.91 Å². The Bertz CT molecular complexity index is 776. The van der Waals surface area contributed by atoms with E-state index >= 15 is 0 Å². The number of carbonyl (C=O) groups excluding carboxylic acids is 1. The number of hydrogen-bond acceptors (Lipinski definition) is 3. The van der Waals surface area contributed by atoms with Crippen molar-refractivity contribution in [1.29, 1.82) is 0 Å². The molecule has 24 heavy (non-hydrogen) atoms. The number of carbonyl (C=O) groups is 2. The molecule has 0 radical (unpaired) electrons. The molecule has 5 heteroatoms. The first-order valence-corrected chi connectivity index (χ1v) is 7.52. The predicted molar refractivity (Wildman–Crippen MR) is 93.3 cm³/mol. The molecule has 2 aromatic rings. The molecular formula is C19H19NO4. The van der Waals surface area contributed by atoms with Crippen molar-refractivity contribution in [2.75, 3.05) is 5.32 Å². The topological polar surface area (TPSA) is 86.6 Å². The Balaban J connectivity index is 2.03. The zero-order chi connectivity index (χ0) is 17.7. The van der Waals surface area contributed by atoms with Gasteiger partial charge in [0.25, 0.3) is 0 Å². The number of aromatic hydroxyl groups is 1. The summed E-state index contributed by atoms with van der Waals surface area (Å²) in [6.07, 6.45) is 3.02. The minimum atomic E-state index is -1.15. The zero-order valence-electron chi connectivity index (χ0n) is 13.5. The van der Waals surface area contributed by atoms with Crippen LogP contribution in [0.25, 0.3) is 6.08 Å². The molecule has 124 valence electrons. The third-order valence-corrected chi connectivity index (χ3v) is 3.53. The lowest BCUT2D eigenvalue weighted by atomic mass is 10.0. The van der Waals surface area contributed by atoms with Crippen molar-refractivity contribution in [3.8, 4) is 5.75 Å². The Morgan fingerprint density at radius 2 is 1.75 bits per heavy atom. The van der Waals surface area contributed by atoms with Gasteiger partial charge in [-0.1, -0.05) is 38.1 Å². The van der Waals surface area contributed by atoms with E-state index in [1.165, 1.54) is 23.8 Å². The molecule has 0 aliphatic heterocycles. The van der Waals surface area contributed by atoms with Gasteiger partial charge >= 0.3 is 5.97 Å². The number of hydrogen-bond donors (Lipinski definition) is 3. The monoisotopic (exact) mass is 325 g/mol. The van der Waals surface area contributed by atoms with Crippen LogP contribution in [0.1, 0.15) is 41.3 Å². The number of carboxylic acids is 1. The molecule has 0 atom stereocenters. The number of aromatic carboxylic acids is 1. The summed E-state index contributed by atoms with van der Waals surface area (Å²) in [6, 6.07) is 11.6. The Morgan fingerprint density at radius 1 is 1.08 bits per heavy atom. The van der Waals surface area contributed by atoms with Gasteiger partial charge in [0, 0.05) is 6.08 Å². The van der Waals surface area contributed by atoms with Crippen molar-refractivity contribution in [2.24, 2.45) is 0 Å². The Labute approximate surface area is 140 Å². The fourth-order valence-corrected chi connectivity index (χ4v) is 2.11. The van der Waals surface area contributed by atoms with Crippen molar-refractivity contribution >= 4 is 23.6 Å². The maximum absolute atomic E-state index is 11.9. The number of phenols is 1. The van der Waals surface area contributed by atoms with Crippen molar-refractivity contribution in [1.82, 2.24) is 0 Å². The van der Waals surface area contributed by atoms with E-state index in [9.17, 15) is 14.7 Å². The quantitative estimate of drug-likeness (QED) is 0.575. The van der Waals surface area contributed by atoms with Crippen LogP contribution in [0.15, 0.2) is 48.5 Å². The molecule has 2 rings (SSSR count). The molecule has 0 bridgehead atoms.